The number of hydrogen-bond acceptors (Lipinski definition) is 7. The second-order valence-electron chi connectivity index (χ2n) is 8.55. The number of aliphatic hydroxyl groups excluding tert-OH is 2. The van der Waals surface area contributed by atoms with Crippen molar-refractivity contribution in [3.63, 3.8) is 0 Å². The van der Waals surface area contributed by atoms with Crippen molar-refractivity contribution in [2.45, 2.75) is 13.1 Å². The van der Waals surface area contributed by atoms with E-state index in [4.69, 9.17) is 14.6 Å². The van der Waals surface area contributed by atoms with E-state index in [1.54, 1.807) is 4.68 Å². The summed E-state index contributed by atoms with van der Waals surface area (Å²) in [6.07, 6.45) is 1.87. The summed E-state index contributed by atoms with van der Waals surface area (Å²) in [6, 6.07) is 15.2. The van der Waals surface area contributed by atoms with Crippen LogP contribution in [0.3, 0.4) is 0 Å². The minimum atomic E-state index is -0.498. The van der Waals surface area contributed by atoms with E-state index in [1.807, 2.05) is 59.3 Å². The summed E-state index contributed by atoms with van der Waals surface area (Å²) in [5.41, 5.74) is 3.22. The molecule has 1 aliphatic heterocycles. The number of imide groups is 1. The number of amides is 2. The van der Waals surface area contributed by atoms with Crippen molar-refractivity contribution < 1.29 is 29.3 Å². The Kier molecular flexibility index (Phi) is 7.42. The Morgan fingerprint density at radius 1 is 0.757 bits per heavy atom. The number of benzene rings is 2. The summed E-state index contributed by atoms with van der Waals surface area (Å²) in [4.78, 5) is 26.2. The van der Waals surface area contributed by atoms with Crippen molar-refractivity contribution in [1.29, 1.82) is 0 Å². The van der Waals surface area contributed by atoms with Gasteiger partial charge < -0.3 is 24.3 Å². The highest BCUT2D eigenvalue weighted by molar-refractivity contribution is 6.50. The molecule has 192 valence electrons. The average Bonchev–Trinajstić information content (AvgIpc) is 3.54. The lowest BCUT2D eigenvalue weighted by Crippen LogP contribution is -2.22. The van der Waals surface area contributed by atoms with Crippen molar-refractivity contribution in [2.75, 3.05) is 39.6 Å². The van der Waals surface area contributed by atoms with Gasteiger partial charge in [0.1, 0.15) is 5.69 Å². The van der Waals surface area contributed by atoms with E-state index >= 15 is 0 Å². The van der Waals surface area contributed by atoms with Crippen LogP contribution in [0.5, 0.6) is 0 Å². The zero-order valence-electron chi connectivity index (χ0n) is 20.2. The van der Waals surface area contributed by atoms with Crippen LogP contribution in [0.15, 0.2) is 54.7 Å². The first-order chi connectivity index (χ1) is 18.1. The molecule has 0 aliphatic carbocycles. The van der Waals surface area contributed by atoms with Gasteiger partial charge in [-0.25, -0.2) is 0 Å². The maximum atomic E-state index is 13.1. The van der Waals surface area contributed by atoms with Gasteiger partial charge >= 0.3 is 0 Å². The van der Waals surface area contributed by atoms with E-state index in [0.29, 0.717) is 37.6 Å². The number of aliphatic hydroxyl groups is 2. The second-order valence-corrected chi connectivity index (χ2v) is 8.55. The fourth-order valence-electron chi connectivity index (χ4n) is 4.70. The lowest BCUT2D eigenvalue weighted by molar-refractivity contribution is -0.122. The molecule has 0 fully saturated rings. The predicted molar refractivity (Wildman–Crippen MR) is 137 cm³/mol. The lowest BCUT2D eigenvalue weighted by Gasteiger charge is -2.07. The van der Waals surface area contributed by atoms with Crippen LogP contribution in [0, 0.1) is 0 Å². The minimum absolute atomic E-state index is 0.0243. The van der Waals surface area contributed by atoms with Gasteiger partial charge in [-0.1, -0.05) is 36.4 Å². The Balaban J connectivity index is 1.55. The van der Waals surface area contributed by atoms with Crippen LogP contribution in [-0.4, -0.2) is 76.0 Å². The van der Waals surface area contributed by atoms with Crippen molar-refractivity contribution >= 4 is 44.8 Å². The van der Waals surface area contributed by atoms with Crippen LogP contribution < -0.4 is 5.32 Å². The third-order valence-corrected chi connectivity index (χ3v) is 6.28. The van der Waals surface area contributed by atoms with E-state index in [1.165, 1.54) is 0 Å². The number of rotatable bonds is 12. The van der Waals surface area contributed by atoms with Gasteiger partial charge in [0.2, 0.25) is 0 Å². The van der Waals surface area contributed by atoms with Gasteiger partial charge in [0.05, 0.1) is 62.8 Å². The summed E-state index contributed by atoms with van der Waals surface area (Å²) in [6.45, 7) is 2.18. The van der Waals surface area contributed by atoms with E-state index in [0.717, 1.165) is 21.8 Å². The zero-order valence-corrected chi connectivity index (χ0v) is 20.2. The number of fused-ring (bicyclic) bond motifs is 2. The molecule has 2 aromatic heterocycles. The van der Waals surface area contributed by atoms with Crippen LogP contribution in [0.1, 0.15) is 11.3 Å². The molecule has 1 aliphatic rings. The van der Waals surface area contributed by atoms with Crippen LogP contribution in [0.25, 0.3) is 33.0 Å². The molecule has 0 saturated heterocycles. The van der Waals surface area contributed by atoms with Crippen molar-refractivity contribution in [3.05, 3.63) is 66.0 Å². The number of nitrogens with zero attached hydrogens (tertiary/aromatic N) is 3. The third-order valence-electron chi connectivity index (χ3n) is 6.28. The van der Waals surface area contributed by atoms with Crippen LogP contribution in [-0.2, 0) is 32.2 Å². The predicted octanol–water partition coefficient (Wildman–Crippen LogP) is 1.58. The SMILES string of the molecule is O=C1NC(=O)C(c2nn(CCO)c3ccccc23)=C1c1cn(CCOCCOCCO)c2ccccc12. The molecule has 3 heterocycles. The first kappa shape index (κ1) is 24.8. The molecule has 0 saturated carbocycles. The number of aromatic nitrogens is 3. The first-order valence-electron chi connectivity index (χ1n) is 12.2. The molecule has 10 nitrogen and oxygen atoms in total. The quantitative estimate of drug-likeness (QED) is 0.197. The Morgan fingerprint density at radius 3 is 2.19 bits per heavy atom. The van der Waals surface area contributed by atoms with Gasteiger partial charge in [-0.2, -0.15) is 5.10 Å². The Morgan fingerprint density at radius 2 is 1.43 bits per heavy atom. The fourth-order valence-corrected chi connectivity index (χ4v) is 4.70. The van der Waals surface area contributed by atoms with Crippen LogP contribution in [0.4, 0.5) is 0 Å². The Hall–Kier alpha value is -3.83. The first-order valence-corrected chi connectivity index (χ1v) is 12.2. The van der Waals surface area contributed by atoms with Crippen LogP contribution >= 0.6 is 0 Å². The highest BCUT2D eigenvalue weighted by Crippen LogP contribution is 2.37. The fraction of sp³-hybridized carbons (Fsp3) is 0.296. The van der Waals surface area contributed by atoms with Gasteiger partial charge in [0, 0.05) is 34.6 Å². The van der Waals surface area contributed by atoms with Crippen molar-refractivity contribution in [3.8, 4) is 0 Å². The molecule has 0 radical (unpaired) electrons. The second kappa shape index (κ2) is 11.1. The number of carbonyl (C=O) groups is 2. The summed E-state index contributed by atoms with van der Waals surface area (Å²) in [7, 11) is 0. The highest BCUT2D eigenvalue weighted by atomic mass is 16.5. The number of para-hydroxylation sites is 2. The monoisotopic (exact) mass is 504 g/mol. The molecule has 4 aromatic rings. The van der Waals surface area contributed by atoms with Crippen molar-refractivity contribution in [1.82, 2.24) is 19.7 Å². The number of nitrogens with one attached hydrogen (secondary N) is 1. The molecule has 3 N–H and O–H groups in total. The maximum absolute atomic E-state index is 13.1. The maximum Gasteiger partial charge on any atom is 0.261 e. The van der Waals surface area contributed by atoms with Gasteiger partial charge in [-0.05, 0) is 12.1 Å². The molecular weight excluding hydrogens is 476 g/mol. The average molecular weight is 505 g/mol. The molecule has 0 atom stereocenters. The highest BCUT2D eigenvalue weighted by Gasteiger charge is 2.36. The van der Waals surface area contributed by atoms with Gasteiger partial charge in [-0.15, -0.1) is 0 Å². The van der Waals surface area contributed by atoms with Crippen molar-refractivity contribution in [2.24, 2.45) is 0 Å². The molecule has 37 heavy (non-hydrogen) atoms. The normalized spacial score (nSPS) is 13.9. The topological polar surface area (TPSA) is 128 Å². The molecule has 0 bridgehead atoms. The molecule has 0 spiro atoms. The molecule has 2 amide bonds. The largest absolute Gasteiger partial charge is 0.394 e. The van der Waals surface area contributed by atoms with E-state index in [2.05, 4.69) is 10.4 Å². The van der Waals surface area contributed by atoms with Gasteiger partial charge in [0.25, 0.3) is 11.8 Å². The smallest absolute Gasteiger partial charge is 0.261 e. The lowest BCUT2D eigenvalue weighted by atomic mass is 9.97. The summed E-state index contributed by atoms with van der Waals surface area (Å²) < 4.78 is 14.5. The van der Waals surface area contributed by atoms with Gasteiger partial charge in [-0.3, -0.25) is 19.6 Å². The molecule has 10 heteroatoms. The third kappa shape index (κ3) is 4.79. The standard InChI is InChI=1S/C27H28N4O6/c32-11-9-31-22-8-4-2-6-19(22)25(29-31)24-23(26(34)28-27(24)35)20-17-30(21-7-3-1-5-18(20)21)10-13-36-15-16-37-14-12-33/h1-8,17,32-33H,9-16H2,(H,28,34,35). The van der Waals surface area contributed by atoms with E-state index in [-0.39, 0.29) is 37.5 Å². The number of hydrogen-bond donors (Lipinski definition) is 3. The summed E-state index contributed by atoms with van der Waals surface area (Å²) >= 11 is 0. The van der Waals surface area contributed by atoms with Crippen LogP contribution in [0.2, 0.25) is 0 Å². The Bertz CT molecular complexity index is 1480. The molecular formula is C27H28N4O6. The number of carbonyl (C=O) groups excluding carboxylic acids is 2. The number of ether oxygens (including phenoxy) is 2. The summed E-state index contributed by atoms with van der Waals surface area (Å²) in [5, 5.41) is 26.9. The summed E-state index contributed by atoms with van der Waals surface area (Å²) in [5.74, 6) is -0.969. The minimum Gasteiger partial charge on any atom is -0.394 e. The van der Waals surface area contributed by atoms with E-state index < -0.39 is 11.8 Å². The van der Waals surface area contributed by atoms with E-state index in [9.17, 15) is 14.7 Å². The molecule has 2 aromatic carbocycles. The molecule has 5 rings (SSSR count). The Labute approximate surface area is 212 Å². The molecule has 0 unspecified atom stereocenters. The van der Waals surface area contributed by atoms with Gasteiger partial charge in [0.15, 0.2) is 0 Å². The zero-order chi connectivity index (χ0) is 25.8.